The van der Waals surface area contributed by atoms with E-state index in [4.69, 9.17) is 0 Å². The first-order valence-corrected chi connectivity index (χ1v) is 5.08. The summed E-state index contributed by atoms with van der Waals surface area (Å²) in [5.74, 6) is -0.125. The molecule has 5 nitrogen and oxygen atoms in total. The maximum atomic E-state index is 11.6. The highest BCUT2D eigenvalue weighted by atomic mass is 16.3. The van der Waals surface area contributed by atoms with E-state index in [9.17, 15) is 9.90 Å². The molecule has 0 spiro atoms. The van der Waals surface area contributed by atoms with E-state index in [1.54, 1.807) is 24.5 Å². The molecule has 0 saturated heterocycles. The van der Waals surface area contributed by atoms with Crippen molar-refractivity contribution in [3.05, 3.63) is 48.4 Å². The van der Waals surface area contributed by atoms with Crippen LogP contribution in [0.15, 0.2) is 42.9 Å². The van der Waals surface area contributed by atoms with E-state index in [1.807, 2.05) is 6.07 Å². The number of rotatable bonds is 3. The number of aromatic hydroxyl groups is 1. The van der Waals surface area contributed by atoms with E-state index in [2.05, 4.69) is 15.3 Å². The van der Waals surface area contributed by atoms with E-state index in [0.29, 0.717) is 0 Å². The molecule has 0 aliphatic carbocycles. The largest absolute Gasteiger partial charge is 0.504 e. The maximum Gasteiger partial charge on any atom is 0.230 e. The number of carbonyl (C=O) groups excluding carboxylic acids is 1. The van der Waals surface area contributed by atoms with Gasteiger partial charge in [-0.2, -0.15) is 0 Å². The molecule has 0 aliphatic rings. The molecular weight excluding hydrogens is 218 g/mol. The lowest BCUT2D eigenvalue weighted by molar-refractivity contribution is -0.115. The quantitative estimate of drug-likeness (QED) is 0.833. The van der Waals surface area contributed by atoms with Crippen molar-refractivity contribution in [1.82, 2.24) is 9.97 Å². The lowest BCUT2D eigenvalue weighted by atomic mass is 10.2. The van der Waals surface area contributed by atoms with E-state index in [1.165, 1.54) is 12.3 Å². The second-order valence-electron chi connectivity index (χ2n) is 3.46. The number of nitrogens with zero attached hydrogens (tertiary/aromatic N) is 2. The van der Waals surface area contributed by atoms with Crippen LogP contribution < -0.4 is 5.32 Å². The van der Waals surface area contributed by atoms with Crippen LogP contribution in [0.25, 0.3) is 0 Å². The monoisotopic (exact) mass is 229 g/mol. The van der Waals surface area contributed by atoms with Crippen molar-refractivity contribution < 1.29 is 9.90 Å². The number of hydrogen-bond donors (Lipinski definition) is 2. The first kappa shape index (κ1) is 11.1. The third-order valence-electron chi connectivity index (χ3n) is 2.13. The summed E-state index contributed by atoms with van der Waals surface area (Å²) in [6, 6.07) is 6.63. The van der Waals surface area contributed by atoms with Crippen LogP contribution in [0.5, 0.6) is 5.75 Å². The van der Waals surface area contributed by atoms with Gasteiger partial charge in [0, 0.05) is 18.6 Å². The Morgan fingerprint density at radius 3 is 2.82 bits per heavy atom. The predicted molar refractivity (Wildman–Crippen MR) is 62.5 cm³/mol. The van der Waals surface area contributed by atoms with Gasteiger partial charge >= 0.3 is 0 Å². The molecule has 2 aromatic rings. The normalized spacial score (nSPS) is 9.88. The van der Waals surface area contributed by atoms with E-state index in [-0.39, 0.29) is 23.9 Å². The van der Waals surface area contributed by atoms with Gasteiger partial charge in [-0.25, -0.2) is 4.98 Å². The molecule has 0 unspecified atom stereocenters. The molecule has 1 amide bonds. The molecule has 0 atom stereocenters. The van der Waals surface area contributed by atoms with Gasteiger partial charge in [0.05, 0.1) is 6.42 Å². The van der Waals surface area contributed by atoms with Gasteiger partial charge in [-0.3, -0.25) is 9.78 Å². The fourth-order valence-electron chi connectivity index (χ4n) is 1.36. The average molecular weight is 229 g/mol. The number of anilines is 1. The third-order valence-corrected chi connectivity index (χ3v) is 2.13. The molecule has 5 heteroatoms. The topological polar surface area (TPSA) is 75.1 Å². The van der Waals surface area contributed by atoms with Gasteiger partial charge in [0.15, 0.2) is 11.6 Å². The van der Waals surface area contributed by atoms with Gasteiger partial charge in [0.1, 0.15) is 0 Å². The molecule has 0 aliphatic heterocycles. The molecule has 86 valence electrons. The van der Waals surface area contributed by atoms with Crippen molar-refractivity contribution in [2.45, 2.75) is 6.42 Å². The minimum absolute atomic E-state index is 0.0490. The Bertz CT molecular complexity index is 514. The minimum Gasteiger partial charge on any atom is -0.504 e. The first-order valence-electron chi connectivity index (χ1n) is 5.08. The Morgan fingerprint density at radius 1 is 1.29 bits per heavy atom. The number of hydrogen-bond acceptors (Lipinski definition) is 4. The molecule has 0 bridgehead atoms. The van der Waals surface area contributed by atoms with Crippen LogP contribution in [-0.4, -0.2) is 21.0 Å². The molecule has 2 aromatic heterocycles. The number of aromatic nitrogens is 2. The van der Waals surface area contributed by atoms with Crippen molar-refractivity contribution in [2.24, 2.45) is 0 Å². The van der Waals surface area contributed by atoms with Crippen LogP contribution in [0, 0.1) is 0 Å². The Morgan fingerprint density at radius 2 is 2.12 bits per heavy atom. The van der Waals surface area contributed by atoms with Crippen LogP contribution in [0.4, 0.5) is 5.82 Å². The molecule has 0 fully saturated rings. The van der Waals surface area contributed by atoms with Gasteiger partial charge < -0.3 is 10.4 Å². The molecule has 0 aromatic carbocycles. The zero-order valence-corrected chi connectivity index (χ0v) is 9.00. The number of amides is 1. The van der Waals surface area contributed by atoms with Gasteiger partial charge in [-0.15, -0.1) is 0 Å². The van der Waals surface area contributed by atoms with E-state index in [0.717, 1.165) is 5.56 Å². The van der Waals surface area contributed by atoms with Crippen molar-refractivity contribution in [3.63, 3.8) is 0 Å². The van der Waals surface area contributed by atoms with Crippen LogP contribution in [0.1, 0.15) is 5.56 Å². The average Bonchev–Trinajstić information content (AvgIpc) is 2.33. The minimum atomic E-state index is -0.244. The molecule has 2 heterocycles. The summed E-state index contributed by atoms with van der Waals surface area (Å²) < 4.78 is 0. The SMILES string of the molecule is O=C(Cc1cccnc1)Nc1ncccc1O. The summed E-state index contributed by atoms with van der Waals surface area (Å²) in [7, 11) is 0. The smallest absolute Gasteiger partial charge is 0.230 e. The summed E-state index contributed by atoms with van der Waals surface area (Å²) in [6.45, 7) is 0. The van der Waals surface area contributed by atoms with E-state index >= 15 is 0 Å². The van der Waals surface area contributed by atoms with E-state index < -0.39 is 0 Å². The molecule has 0 radical (unpaired) electrons. The Balaban J connectivity index is 2.01. The zero-order chi connectivity index (χ0) is 12.1. The van der Waals surface area contributed by atoms with Crippen LogP contribution >= 0.6 is 0 Å². The van der Waals surface area contributed by atoms with Crippen molar-refractivity contribution in [3.8, 4) is 5.75 Å². The second-order valence-corrected chi connectivity index (χ2v) is 3.46. The van der Waals surface area contributed by atoms with Gasteiger partial charge in [0.2, 0.25) is 5.91 Å². The highest BCUT2D eigenvalue weighted by molar-refractivity contribution is 5.92. The van der Waals surface area contributed by atoms with Crippen molar-refractivity contribution in [1.29, 1.82) is 0 Å². The Hall–Kier alpha value is -2.43. The van der Waals surface area contributed by atoms with Crippen molar-refractivity contribution in [2.75, 3.05) is 5.32 Å². The lowest BCUT2D eigenvalue weighted by Crippen LogP contribution is -2.15. The molecule has 2 N–H and O–H groups in total. The predicted octanol–water partition coefficient (Wildman–Crippen LogP) is 1.36. The Kier molecular flexibility index (Phi) is 3.30. The van der Waals surface area contributed by atoms with Gasteiger partial charge in [-0.1, -0.05) is 6.07 Å². The molecule has 17 heavy (non-hydrogen) atoms. The highest BCUT2D eigenvalue weighted by Crippen LogP contribution is 2.18. The Labute approximate surface area is 98.2 Å². The van der Waals surface area contributed by atoms with Crippen molar-refractivity contribution >= 4 is 11.7 Å². The van der Waals surface area contributed by atoms with Gasteiger partial charge in [-0.05, 0) is 23.8 Å². The zero-order valence-electron chi connectivity index (χ0n) is 9.00. The summed E-state index contributed by atoms with van der Waals surface area (Å²) in [6.07, 6.45) is 4.97. The first-order chi connectivity index (χ1) is 8.25. The highest BCUT2D eigenvalue weighted by Gasteiger charge is 2.07. The fraction of sp³-hybridized carbons (Fsp3) is 0.0833. The molecule has 2 rings (SSSR count). The molecule has 0 saturated carbocycles. The summed E-state index contributed by atoms with van der Waals surface area (Å²) in [4.78, 5) is 19.4. The lowest BCUT2D eigenvalue weighted by Gasteiger charge is -2.05. The number of nitrogens with one attached hydrogen (secondary N) is 1. The maximum absolute atomic E-state index is 11.6. The van der Waals surface area contributed by atoms with Crippen LogP contribution in [0.3, 0.4) is 0 Å². The second kappa shape index (κ2) is 5.07. The number of carbonyl (C=O) groups is 1. The number of pyridine rings is 2. The summed E-state index contributed by atoms with van der Waals surface area (Å²) in [5, 5.41) is 12.0. The van der Waals surface area contributed by atoms with Crippen LogP contribution in [-0.2, 0) is 11.2 Å². The standard InChI is InChI=1S/C12H11N3O2/c16-10-4-2-6-14-12(10)15-11(17)7-9-3-1-5-13-8-9/h1-6,8,16H,7H2,(H,14,15,17). The fourth-order valence-corrected chi connectivity index (χ4v) is 1.36. The summed E-state index contributed by atoms with van der Waals surface area (Å²) in [5.41, 5.74) is 0.806. The van der Waals surface area contributed by atoms with Gasteiger partial charge in [0.25, 0.3) is 0 Å². The van der Waals surface area contributed by atoms with Crippen LogP contribution in [0.2, 0.25) is 0 Å². The summed E-state index contributed by atoms with van der Waals surface area (Å²) >= 11 is 0. The third kappa shape index (κ3) is 3.01. The molecular formula is C12H11N3O2.